The van der Waals surface area contributed by atoms with Crippen molar-refractivity contribution in [2.75, 3.05) is 5.75 Å². The third-order valence-corrected chi connectivity index (χ3v) is 5.85. The van der Waals surface area contributed by atoms with Crippen molar-refractivity contribution in [3.8, 4) is 0 Å². The Bertz CT molecular complexity index is 274. The molecule has 0 amide bonds. The van der Waals surface area contributed by atoms with E-state index in [0.717, 1.165) is 0 Å². The first-order chi connectivity index (χ1) is 8.97. The van der Waals surface area contributed by atoms with Gasteiger partial charge in [-0.1, -0.05) is 60.1 Å². The molecule has 5 unspecified atom stereocenters. The second-order valence-electron chi connectivity index (χ2n) is 6.40. The molecule has 2 heteroatoms. The second kappa shape index (κ2) is 8.36. The molecule has 0 aromatic rings. The molecule has 0 radical (unpaired) electrons. The van der Waals surface area contributed by atoms with Crippen molar-refractivity contribution in [1.82, 2.24) is 0 Å². The summed E-state index contributed by atoms with van der Waals surface area (Å²) in [5.74, 6) is 3.59. The van der Waals surface area contributed by atoms with Crippen LogP contribution < -0.4 is 0 Å². The van der Waals surface area contributed by atoms with Gasteiger partial charge in [0, 0.05) is 0 Å². The van der Waals surface area contributed by atoms with E-state index in [-0.39, 0.29) is 0 Å². The number of hydrogen-bond donors (Lipinski definition) is 0. The Hall–Kier alpha value is 0.0500. The molecule has 5 atom stereocenters. The van der Waals surface area contributed by atoms with E-state index in [2.05, 4.69) is 53.7 Å². The Morgan fingerprint density at radius 1 is 1.26 bits per heavy atom. The highest BCUT2D eigenvalue weighted by atomic mass is 32.2. The van der Waals surface area contributed by atoms with E-state index in [1.165, 1.54) is 18.6 Å². The zero-order chi connectivity index (χ0) is 14.4. The highest BCUT2D eigenvalue weighted by Gasteiger charge is 2.30. The minimum atomic E-state index is 0.347. The molecule has 0 N–H and O–H groups in total. The first-order valence-corrected chi connectivity index (χ1v) is 8.95. The van der Waals surface area contributed by atoms with Gasteiger partial charge in [-0.3, -0.25) is 0 Å². The van der Waals surface area contributed by atoms with Gasteiger partial charge >= 0.3 is 0 Å². The summed E-state index contributed by atoms with van der Waals surface area (Å²) in [5, 5.41) is 0. The van der Waals surface area contributed by atoms with Crippen molar-refractivity contribution < 1.29 is 4.74 Å². The van der Waals surface area contributed by atoms with E-state index < -0.39 is 0 Å². The summed E-state index contributed by atoms with van der Waals surface area (Å²) >= 11 is 1.99. The molecule has 1 rings (SSSR count). The van der Waals surface area contributed by atoms with Crippen molar-refractivity contribution >= 4 is 11.8 Å². The van der Waals surface area contributed by atoms with Gasteiger partial charge < -0.3 is 4.74 Å². The molecule has 0 aliphatic carbocycles. The number of ether oxygens (including phenoxy) is 1. The Morgan fingerprint density at radius 2 is 1.95 bits per heavy atom. The Labute approximate surface area is 124 Å². The predicted octanol–water partition coefficient (Wildman–Crippen LogP) is 5.37. The fourth-order valence-electron chi connectivity index (χ4n) is 2.59. The molecule has 0 spiro atoms. The van der Waals surface area contributed by atoms with Gasteiger partial charge in [0.2, 0.25) is 0 Å². The summed E-state index contributed by atoms with van der Waals surface area (Å²) in [5.41, 5.74) is 0.347. The summed E-state index contributed by atoms with van der Waals surface area (Å²) < 4.78 is 6.55. The molecule has 1 aliphatic rings. The average Bonchev–Trinajstić information content (AvgIpc) is 2.39. The van der Waals surface area contributed by atoms with Gasteiger partial charge in [0.15, 0.2) is 0 Å². The fourth-order valence-corrected chi connectivity index (χ4v) is 3.69. The summed E-state index contributed by atoms with van der Waals surface area (Å²) in [6, 6.07) is 0. The Kier molecular flexibility index (Phi) is 7.53. The van der Waals surface area contributed by atoms with Crippen LogP contribution >= 0.6 is 11.8 Å². The van der Waals surface area contributed by atoms with Crippen LogP contribution in [0.1, 0.15) is 54.4 Å². The minimum absolute atomic E-state index is 0.347. The van der Waals surface area contributed by atoms with E-state index in [1.54, 1.807) is 0 Å². The quantitative estimate of drug-likeness (QED) is 0.645. The zero-order valence-electron chi connectivity index (χ0n) is 13.6. The Balaban J connectivity index is 2.89. The molecular formula is C17H32OS. The largest absolute Gasteiger partial charge is 0.364 e. The monoisotopic (exact) mass is 284 g/mol. The van der Waals surface area contributed by atoms with Crippen molar-refractivity contribution in [3.05, 3.63) is 12.2 Å². The molecule has 0 aromatic carbocycles. The molecule has 0 aromatic heterocycles. The molecule has 1 nitrogen and oxygen atoms in total. The summed E-state index contributed by atoms with van der Waals surface area (Å²) in [7, 11) is 0. The normalized spacial score (nSPS) is 37.0. The van der Waals surface area contributed by atoms with Crippen molar-refractivity contribution in [1.29, 1.82) is 0 Å². The van der Waals surface area contributed by atoms with Crippen LogP contribution in [0.4, 0.5) is 0 Å². The molecule has 0 fully saturated rings. The van der Waals surface area contributed by atoms with Gasteiger partial charge in [-0.05, 0) is 35.8 Å². The second-order valence-corrected chi connectivity index (χ2v) is 7.61. The Morgan fingerprint density at radius 3 is 2.53 bits per heavy atom. The van der Waals surface area contributed by atoms with Crippen molar-refractivity contribution in [2.45, 2.75) is 65.9 Å². The molecule has 0 bridgehead atoms. The smallest absolute Gasteiger partial charge is 0.105 e. The van der Waals surface area contributed by atoms with Gasteiger partial charge in [0.05, 0.1) is 6.10 Å². The molecule has 19 heavy (non-hydrogen) atoms. The highest BCUT2D eigenvalue weighted by Crippen LogP contribution is 2.33. The first kappa shape index (κ1) is 17.1. The molecule has 0 saturated carbocycles. The van der Waals surface area contributed by atoms with Crippen LogP contribution in [0, 0.1) is 23.7 Å². The molecular weight excluding hydrogens is 252 g/mol. The lowest BCUT2D eigenvalue weighted by Gasteiger charge is -2.36. The van der Waals surface area contributed by atoms with Gasteiger partial charge in [0.1, 0.15) is 5.44 Å². The lowest BCUT2D eigenvalue weighted by molar-refractivity contribution is -0.0542. The van der Waals surface area contributed by atoms with Crippen LogP contribution in [0.15, 0.2) is 12.2 Å². The molecule has 1 heterocycles. The van der Waals surface area contributed by atoms with Gasteiger partial charge in [-0.15, -0.1) is 11.8 Å². The molecule has 0 saturated heterocycles. The van der Waals surface area contributed by atoms with Gasteiger partial charge in [-0.25, -0.2) is 0 Å². The molecule has 112 valence electrons. The topological polar surface area (TPSA) is 9.23 Å². The van der Waals surface area contributed by atoms with Crippen LogP contribution in [0.5, 0.6) is 0 Å². The van der Waals surface area contributed by atoms with E-state index >= 15 is 0 Å². The van der Waals surface area contributed by atoms with Crippen LogP contribution in [0.25, 0.3) is 0 Å². The van der Waals surface area contributed by atoms with E-state index in [1.807, 2.05) is 11.8 Å². The third kappa shape index (κ3) is 5.15. The van der Waals surface area contributed by atoms with Gasteiger partial charge in [0.25, 0.3) is 0 Å². The maximum Gasteiger partial charge on any atom is 0.105 e. The van der Waals surface area contributed by atoms with Crippen LogP contribution in [0.2, 0.25) is 0 Å². The van der Waals surface area contributed by atoms with Crippen molar-refractivity contribution in [2.24, 2.45) is 23.7 Å². The van der Waals surface area contributed by atoms with Crippen molar-refractivity contribution in [3.63, 3.8) is 0 Å². The maximum absolute atomic E-state index is 6.55. The van der Waals surface area contributed by atoms with Crippen LogP contribution in [0.3, 0.4) is 0 Å². The maximum atomic E-state index is 6.55. The van der Waals surface area contributed by atoms with E-state index in [9.17, 15) is 0 Å². The highest BCUT2D eigenvalue weighted by molar-refractivity contribution is 7.99. The van der Waals surface area contributed by atoms with Gasteiger partial charge in [-0.2, -0.15) is 0 Å². The lowest BCUT2D eigenvalue weighted by Crippen LogP contribution is -2.36. The number of rotatable bonds is 3. The van der Waals surface area contributed by atoms with Crippen LogP contribution in [-0.4, -0.2) is 17.3 Å². The standard InChI is InChI=1S/C17H32OS/c1-7-13(4)16-15(6)14(5)10-8-9-11-19-17(18-16)12(2)3/h8,10,12-17H,7,9,11H2,1-6H3/b10-8+. The summed E-state index contributed by atoms with van der Waals surface area (Å²) in [4.78, 5) is 0. The summed E-state index contributed by atoms with van der Waals surface area (Å²) in [6.45, 7) is 13.9. The first-order valence-electron chi connectivity index (χ1n) is 7.91. The SMILES string of the molecule is CCC(C)C1OC(C(C)C)SCC/C=C/C(C)C1C. The zero-order valence-corrected chi connectivity index (χ0v) is 14.4. The lowest BCUT2D eigenvalue weighted by atomic mass is 9.83. The fraction of sp³-hybridized carbons (Fsp3) is 0.882. The average molecular weight is 285 g/mol. The minimum Gasteiger partial charge on any atom is -0.364 e. The summed E-state index contributed by atoms with van der Waals surface area (Å²) in [6.07, 6.45) is 7.50. The number of allylic oxidation sites excluding steroid dienone is 2. The van der Waals surface area contributed by atoms with E-state index in [0.29, 0.717) is 35.2 Å². The third-order valence-electron chi connectivity index (χ3n) is 4.39. The molecule has 1 aliphatic heterocycles. The van der Waals surface area contributed by atoms with E-state index in [4.69, 9.17) is 4.74 Å². The predicted molar refractivity (Wildman–Crippen MR) is 87.5 cm³/mol. The number of hydrogen-bond acceptors (Lipinski definition) is 2. The number of thioether (sulfide) groups is 1. The van der Waals surface area contributed by atoms with Crippen LogP contribution in [-0.2, 0) is 4.74 Å².